The third kappa shape index (κ3) is 5.24. The molecule has 8 nitrogen and oxygen atoms in total. The minimum atomic E-state index is -0.241. The van der Waals surface area contributed by atoms with Gasteiger partial charge in [0.15, 0.2) is 5.82 Å². The number of nitrogens with one attached hydrogen (secondary N) is 1. The topological polar surface area (TPSA) is 97.6 Å². The van der Waals surface area contributed by atoms with Crippen LogP contribution in [0.15, 0.2) is 22.7 Å². The molecule has 3 rings (SSSR count). The molecule has 2 amide bonds. The van der Waals surface area contributed by atoms with Crippen LogP contribution in [0.3, 0.4) is 0 Å². The number of benzene rings is 1. The van der Waals surface area contributed by atoms with Crippen LogP contribution < -0.4 is 5.32 Å². The Labute approximate surface area is 177 Å². The number of piperidine rings is 1. The van der Waals surface area contributed by atoms with Gasteiger partial charge in [-0.15, -0.1) is 0 Å². The van der Waals surface area contributed by atoms with Crippen LogP contribution in [0, 0.1) is 6.92 Å². The van der Waals surface area contributed by atoms with Gasteiger partial charge in [-0.3, -0.25) is 9.59 Å². The van der Waals surface area contributed by atoms with Gasteiger partial charge in [0.2, 0.25) is 11.8 Å². The first-order valence-electron chi connectivity index (χ1n) is 10.6. The molecule has 1 aromatic carbocycles. The maximum absolute atomic E-state index is 13.3. The lowest BCUT2D eigenvalue weighted by Gasteiger charge is -2.33. The van der Waals surface area contributed by atoms with Gasteiger partial charge in [0, 0.05) is 37.7 Å². The molecule has 162 valence electrons. The molecule has 2 heterocycles. The maximum Gasteiger partial charge on any atom is 0.254 e. The Morgan fingerprint density at radius 1 is 1.33 bits per heavy atom. The van der Waals surface area contributed by atoms with E-state index in [0.717, 1.165) is 31.2 Å². The number of ether oxygens (including phenoxy) is 1. The van der Waals surface area contributed by atoms with Crippen LogP contribution in [0.1, 0.15) is 72.7 Å². The zero-order valence-corrected chi connectivity index (χ0v) is 17.9. The summed E-state index contributed by atoms with van der Waals surface area (Å²) < 4.78 is 10.5. The lowest BCUT2D eigenvalue weighted by atomic mass is 10.00. The van der Waals surface area contributed by atoms with Crippen LogP contribution in [0.5, 0.6) is 0 Å². The second-order valence-corrected chi connectivity index (χ2v) is 7.63. The van der Waals surface area contributed by atoms with E-state index in [9.17, 15) is 9.59 Å². The minimum Gasteiger partial charge on any atom is -0.384 e. The average Bonchev–Trinajstić information content (AvgIpc) is 3.22. The number of rotatable bonds is 8. The Balaban J connectivity index is 1.80. The van der Waals surface area contributed by atoms with Gasteiger partial charge >= 0.3 is 0 Å². The number of carbonyl (C=O) groups excluding carboxylic acids is 2. The van der Waals surface area contributed by atoms with Crippen LogP contribution >= 0.6 is 0 Å². The van der Waals surface area contributed by atoms with Gasteiger partial charge in [-0.2, -0.15) is 4.98 Å². The molecule has 1 saturated heterocycles. The molecule has 1 aliphatic heterocycles. The van der Waals surface area contributed by atoms with E-state index in [1.54, 1.807) is 24.1 Å². The van der Waals surface area contributed by atoms with E-state index in [1.165, 1.54) is 0 Å². The average molecular weight is 415 g/mol. The molecule has 2 aromatic rings. The van der Waals surface area contributed by atoms with Gasteiger partial charge in [0.1, 0.15) is 6.04 Å². The zero-order chi connectivity index (χ0) is 21.5. The monoisotopic (exact) mass is 414 g/mol. The number of carbonyl (C=O) groups is 2. The van der Waals surface area contributed by atoms with Gasteiger partial charge in [-0.05, 0) is 50.3 Å². The first-order chi connectivity index (χ1) is 14.5. The Kier molecular flexibility index (Phi) is 7.57. The van der Waals surface area contributed by atoms with E-state index in [4.69, 9.17) is 9.26 Å². The van der Waals surface area contributed by atoms with Gasteiger partial charge < -0.3 is 19.5 Å². The number of anilines is 1. The van der Waals surface area contributed by atoms with Gasteiger partial charge in [-0.1, -0.05) is 18.1 Å². The summed E-state index contributed by atoms with van der Waals surface area (Å²) in [4.78, 5) is 31.6. The quantitative estimate of drug-likeness (QED) is 0.708. The molecule has 1 N–H and O–H groups in total. The first-order valence-corrected chi connectivity index (χ1v) is 10.6. The molecule has 1 aromatic heterocycles. The molecule has 0 bridgehead atoms. The molecule has 1 aliphatic rings. The Bertz CT molecular complexity index is 880. The summed E-state index contributed by atoms with van der Waals surface area (Å²) in [5.41, 5.74) is 2.14. The van der Waals surface area contributed by atoms with Crippen molar-refractivity contribution in [2.45, 2.75) is 58.4 Å². The maximum atomic E-state index is 13.3. The number of nitrogens with zero attached hydrogens (tertiary/aromatic N) is 3. The fraction of sp³-hybridized carbons (Fsp3) is 0.545. The molecular weight excluding hydrogens is 384 g/mol. The molecule has 8 heteroatoms. The normalized spacial score (nSPS) is 16.5. The summed E-state index contributed by atoms with van der Waals surface area (Å²) >= 11 is 0. The van der Waals surface area contributed by atoms with Crippen LogP contribution in [0.25, 0.3) is 0 Å². The van der Waals surface area contributed by atoms with Gasteiger partial charge in [0.05, 0.1) is 6.61 Å². The smallest absolute Gasteiger partial charge is 0.254 e. The summed E-state index contributed by atoms with van der Waals surface area (Å²) in [5, 5.41) is 6.93. The molecular formula is C22H30N4O4. The Morgan fingerprint density at radius 3 is 2.93 bits per heavy atom. The van der Waals surface area contributed by atoms with E-state index in [2.05, 4.69) is 15.5 Å². The van der Waals surface area contributed by atoms with Crippen molar-refractivity contribution in [2.75, 3.05) is 25.6 Å². The second kappa shape index (κ2) is 10.3. The van der Waals surface area contributed by atoms with Gasteiger partial charge in [0.25, 0.3) is 5.91 Å². The van der Waals surface area contributed by atoms with E-state index in [1.807, 2.05) is 19.9 Å². The largest absolute Gasteiger partial charge is 0.384 e. The summed E-state index contributed by atoms with van der Waals surface area (Å²) in [6.45, 7) is 5.02. The minimum absolute atomic E-state index is 0.0458. The highest BCUT2D eigenvalue weighted by Gasteiger charge is 2.32. The molecule has 0 saturated carbocycles. The lowest BCUT2D eigenvalue weighted by molar-refractivity contribution is -0.116. The first kappa shape index (κ1) is 22.0. The van der Waals surface area contributed by atoms with Crippen LogP contribution in [0.4, 0.5) is 5.69 Å². The van der Waals surface area contributed by atoms with Crippen molar-refractivity contribution in [3.05, 3.63) is 41.0 Å². The summed E-state index contributed by atoms with van der Waals surface area (Å²) in [5.74, 6) is 0.914. The summed E-state index contributed by atoms with van der Waals surface area (Å²) in [7, 11) is 1.63. The van der Waals surface area contributed by atoms with E-state index in [-0.39, 0.29) is 17.9 Å². The number of likely N-dealkylation sites (tertiary alicyclic amines) is 1. The molecule has 0 aliphatic carbocycles. The molecule has 0 radical (unpaired) electrons. The number of hydrogen-bond donors (Lipinski definition) is 1. The fourth-order valence-corrected chi connectivity index (χ4v) is 3.62. The van der Waals surface area contributed by atoms with E-state index >= 15 is 0 Å². The highest BCUT2D eigenvalue weighted by molar-refractivity contribution is 5.98. The molecule has 0 unspecified atom stereocenters. The highest BCUT2D eigenvalue weighted by Crippen LogP contribution is 2.32. The molecule has 1 fully saturated rings. The van der Waals surface area contributed by atoms with Crippen molar-refractivity contribution >= 4 is 17.5 Å². The Morgan fingerprint density at radius 2 is 2.17 bits per heavy atom. The van der Waals surface area contributed by atoms with Crippen molar-refractivity contribution < 1.29 is 18.8 Å². The predicted molar refractivity (Wildman–Crippen MR) is 112 cm³/mol. The third-order valence-electron chi connectivity index (χ3n) is 5.30. The number of amides is 2. The van der Waals surface area contributed by atoms with Crippen molar-refractivity contribution in [1.82, 2.24) is 15.0 Å². The number of aromatic nitrogens is 2. The predicted octanol–water partition coefficient (Wildman–Crippen LogP) is 3.67. The fourth-order valence-electron chi connectivity index (χ4n) is 3.62. The summed E-state index contributed by atoms with van der Waals surface area (Å²) in [6, 6.07) is 5.18. The SMILES string of the molecule is CCCC(=O)Nc1cc(C(=O)N2CCCC[C@H]2c2nc(CCOC)no2)ccc1C. The Hall–Kier alpha value is -2.74. The highest BCUT2D eigenvalue weighted by atomic mass is 16.5. The van der Waals surface area contributed by atoms with E-state index < -0.39 is 0 Å². The van der Waals surface area contributed by atoms with Crippen molar-refractivity contribution in [2.24, 2.45) is 0 Å². The van der Waals surface area contributed by atoms with Crippen LogP contribution in [-0.4, -0.2) is 47.1 Å². The molecule has 30 heavy (non-hydrogen) atoms. The molecule has 1 atom stereocenters. The summed E-state index contributed by atoms with van der Waals surface area (Å²) in [6.07, 6.45) is 4.50. The lowest BCUT2D eigenvalue weighted by Crippen LogP contribution is -2.38. The van der Waals surface area contributed by atoms with Gasteiger partial charge in [-0.25, -0.2) is 0 Å². The van der Waals surface area contributed by atoms with Crippen molar-refractivity contribution in [3.8, 4) is 0 Å². The van der Waals surface area contributed by atoms with Crippen molar-refractivity contribution in [1.29, 1.82) is 0 Å². The van der Waals surface area contributed by atoms with Crippen LogP contribution in [-0.2, 0) is 16.0 Å². The third-order valence-corrected chi connectivity index (χ3v) is 5.30. The number of hydrogen-bond acceptors (Lipinski definition) is 6. The van der Waals surface area contributed by atoms with Crippen LogP contribution in [0.2, 0.25) is 0 Å². The zero-order valence-electron chi connectivity index (χ0n) is 17.9. The second-order valence-electron chi connectivity index (χ2n) is 7.63. The van der Waals surface area contributed by atoms with E-state index in [0.29, 0.717) is 49.0 Å². The van der Waals surface area contributed by atoms with Crippen molar-refractivity contribution in [3.63, 3.8) is 0 Å². The number of methoxy groups -OCH3 is 1. The number of aryl methyl sites for hydroxylation is 1. The molecule has 0 spiro atoms. The standard InChI is InChI=1S/C22H30N4O4/c1-4-7-20(27)23-17-14-16(10-9-15(17)2)22(28)26-12-6-5-8-18(26)21-24-19(25-30-21)11-13-29-3/h9-10,14,18H,4-8,11-13H2,1-3H3,(H,23,27)/t18-/m0/s1.